The summed E-state index contributed by atoms with van der Waals surface area (Å²) in [6, 6.07) is 0. The van der Waals surface area contributed by atoms with Crippen molar-refractivity contribution < 1.29 is 9.53 Å². The summed E-state index contributed by atoms with van der Waals surface area (Å²) in [7, 11) is 0. The minimum absolute atomic E-state index is 0.00273. The fraction of sp³-hybridized carbons (Fsp3) is 0.923. The highest BCUT2D eigenvalue weighted by molar-refractivity contribution is 5.71. The number of carbonyl (C=O) groups excluding carboxylic acids is 1. The van der Waals surface area contributed by atoms with Gasteiger partial charge in [-0.1, -0.05) is 45.4 Å². The third kappa shape index (κ3) is 5.81. The van der Waals surface area contributed by atoms with Crippen molar-refractivity contribution in [1.29, 1.82) is 0 Å². The summed E-state index contributed by atoms with van der Waals surface area (Å²) in [5.41, 5.74) is 0. The average Bonchev–Trinajstić information content (AvgIpc) is 2.63. The van der Waals surface area contributed by atoms with Gasteiger partial charge in [0.15, 0.2) is 0 Å². The second-order valence-corrected chi connectivity index (χ2v) is 4.56. The lowest BCUT2D eigenvalue weighted by atomic mass is 10.1. The van der Waals surface area contributed by atoms with Crippen LogP contribution in [0.1, 0.15) is 71.1 Å². The second kappa shape index (κ2) is 7.72. The van der Waals surface area contributed by atoms with Crippen molar-refractivity contribution >= 4 is 5.97 Å². The predicted octanol–water partition coefficient (Wildman–Crippen LogP) is 3.83. The molecule has 1 fully saturated rings. The first-order chi connectivity index (χ1) is 7.33. The van der Waals surface area contributed by atoms with E-state index in [2.05, 4.69) is 6.92 Å². The van der Waals surface area contributed by atoms with Gasteiger partial charge >= 0.3 is 5.97 Å². The highest BCUT2D eigenvalue weighted by atomic mass is 16.5. The third-order valence-electron chi connectivity index (χ3n) is 3.10. The fourth-order valence-corrected chi connectivity index (χ4v) is 2.11. The largest absolute Gasteiger partial charge is 0.462 e. The Balaban J connectivity index is 1.83. The van der Waals surface area contributed by atoms with Gasteiger partial charge in [0.2, 0.25) is 0 Å². The monoisotopic (exact) mass is 212 g/mol. The predicted molar refractivity (Wildman–Crippen MR) is 61.7 cm³/mol. The lowest BCUT2D eigenvalue weighted by Crippen LogP contribution is -2.06. The van der Waals surface area contributed by atoms with Crippen molar-refractivity contribution in [3.8, 4) is 0 Å². The Bertz CT molecular complexity index is 177. The maximum Gasteiger partial charge on any atom is 0.306 e. The Morgan fingerprint density at radius 1 is 1.13 bits per heavy atom. The number of cyclic esters (lactones) is 1. The fourth-order valence-electron chi connectivity index (χ4n) is 2.11. The molecule has 1 heterocycles. The number of ether oxygens (including phenoxy) is 1. The Hall–Kier alpha value is -0.530. The van der Waals surface area contributed by atoms with E-state index in [1.165, 1.54) is 44.9 Å². The molecule has 1 aliphatic rings. The highest BCUT2D eigenvalue weighted by Crippen LogP contribution is 2.19. The molecular formula is C13H24O2. The molecule has 0 unspecified atom stereocenters. The smallest absolute Gasteiger partial charge is 0.306 e. The van der Waals surface area contributed by atoms with Crippen LogP contribution in [0, 0.1) is 0 Å². The summed E-state index contributed by atoms with van der Waals surface area (Å²) in [4.78, 5) is 10.8. The van der Waals surface area contributed by atoms with E-state index >= 15 is 0 Å². The van der Waals surface area contributed by atoms with E-state index in [4.69, 9.17) is 4.74 Å². The molecule has 0 aliphatic carbocycles. The molecule has 0 spiro atoms. The van der Waals surface area contributed by atoms with Crippen LogP contribution in [-0.4, -0.2) is 12.1 Å². The highest BCUT2D eigenvalue weighted by Gasteiger charge is 2.22. The van der Waals surface area contributed by atoms with Gasteiger partial charge in [-0.2, -0.15) is 0 Å². The molecule has 0 amide bonds. The zero-order valence-electron chi connectivity index (χ0n) is 9.96. The van der Waals surface area contributed by atoms with E-state index in [9.17, 15) is 4.79 Å². The van der Waals surface area contributed by atoms with Gasteiger partial charge in [-0.3, -0.25) is 4.79 Å². The van der Waals surface area contributed by atoms with Gasteiger partial charge in [0.05, 0.1) is 0 Å². The first kappa shape index (κ1) is 12.5. The van der Waals surface area contributed by atoms with Crippen molar-refractivity contribution in [3.63, 3.8) is 0 Å². The van der Waals surface area contributed by atoms with E-state index in [0.29, 0.717) is 6.42 Å². The second-order valence-electron chi connectivity index (χ2n) is 4.56. The topological polar surface area (TPSA) is 26.3 Å². The number of hydrogen-bond donors (Lipinski definition) is 0. The molecule has 15 heavy (non-hydrogen) atoms. The first-order valence-corrected chi connectivity index (χ1v) is 6.52. The van der Waals surface area contributed by atoms with Crippen LogP contribution in [0.5, 0.6) is 0 Å². The van der Waals surface area contributed by atoms with Gasteiger partial charge in [-0.05, 0) is 19.3 Å². The van der Waals surface area contributed by atoms with Gasteiger partial charge in [-0.25, -0.2) is 0 Å². The number of esters is 1. The summed E-state index contributed by atoms with van der Waals surface area (Å²) >= 11 is 0. The number of hydrogen-bond acceptors (Lipinski definition) is 2. The molecule has 0 saturated carbocycles. The lowest BCUT2D eigenvalue weighted by molar-refractivity contribution is -0.141. The van der Waals surface area contributed by atoms with E-state index in [1.54, 1.807) is 0 Å². The molecule has 0 aromatic rings. The van der Waals surface area contributed by atoms with E-state index < -0.39 is 0 Å². The first-order valence-electron chi connectivity index (χ1n) is 6.52. The molecule has 1 aliphatic heterocycles. The molecule has 0 aromatic heterocycles. The lowest BCUT2D eigenvalue weighted by Gasteiger charge is -2.08. The Labute approximate surface area is 93.4 Å². The van der Waals surface area contributed by atoms with Crippen LogP contribution < -0.4 is 0 Å². The van der Waals surface area contributed by atoms with E-state index in [1.807, 2.05) is 0 Å². The minimum Gasteiger partial charge on any atom is -0.462 e. The average molecular weight is 212 g/mol. The molecule has 0 N–H and O–H groups in total. The van der Waals surface area contributed by atoms with Crippen molar-refractivity contribution in [3.05, 3.63) is 0 Å². The molecule has 2 heteroatoms. The molecular weight excluding hydrogens is 188 g/mol. The standard InChI is InChI=1S/C13H24O2/c1-2-3-4-5-6-7-8-9-12-10-11-13(14)15-12/h12H,2-11H2,1H3/t12-/m0/s1. The van der Waals surface area contributed by atoms with Crippen molar-refractivity contribution in [1.82, 2.24) is 0 Å². The van der Waals surface area contributed by atoms with Crippen LogP contribution >= 0.6 is 0 Å². The Morgan fingerprint density at radius 3 is 2.40 bits per heavy atom. The SMILES string of the molecule is CCCCCCCCC[C@H]1CCC(=O)O1. The minimum atomic E-state index is 0.00273. The summed E-state index contributed by atoms with van der Waals surface area (Å²) < 4.78 is 5.17. The van der Waals surface area contributed by atoms with Gasteiger partial charge in [0.25, 0.3) is 0 Å². The molecule has 1 saturated heterocycles. The van der Waals surface area contributed by atoms with Gasteiger partial charge < -0.3 is 4.74 Å². The van der Waals surface area contributed by atoms with Crippen molar-refractivity contribution in [2.75, 3.05) is 0 Å². The molecule has 0 radical (unpaired) electrons. The van der Waals surface area contributed by atoms with Crippen molar-refractivity contribution in [2.24, 2.45) is 0 Å². The van der Waals surface area contributed by atoms with Crippen LogP contribution in [-0.2, 0) is 9.53 Å². The summed E-state index contributed by atoms with van der Waals surface area (Å²) in [6.45, 7) is 2.24. The Kier molecular flexibility index (Phi) is 6.45. The maximum absolute atomic E-state index is 10.8. The molecule has 1 atom stereocenters. The summed E-state index contributed by atoms with van der Waals surface area (Å²) in [5.74, 6) is 0.00273. The number of carbonyl (C=O) groups is 1. The van der Waals surface area contributed by atoms with E-state index in [0.717, 1.165) is 12.8 Å². The van der Waals surface area contributed by atoms with Gasteiger partial charge in [0, 0.05) is 6.42 Å². The molecule has 0 aromatic carbocycles. The molecule has 88 valence electrons. The summed E-state index contributed by atoms with van der Waals surface area (Å²) in [5, 5.41) is 0. The Morgan fingerprint density at radius 2 is 1.80 bits per heavy atom. The van der Waals surface area contributed by atoms with E-state index in [-0.39, 0.29) is 12.1 Å². The van der Waals surface area contributed by atoms with Crippen LogP contribution in [0.2, 0.25) is 0 Å². The van der Waals surface area contributed by atoms with Crippen LogP contribution in [0.3, 0.4) is 0 Å². The van der Waals surface area contributed by atoms with Crippen LogP contribution in [0.15, 0.2) is 0 Å². The number of unbranched alkanes of at least 4 members (excludes halogenated alkanes) is 6. The van der Waals surface area contributed by atoms with Gasteiger partial charge in [0.1, 0.15) is 6.10 Å². The van der Waals surface area contributed by atoms with Crippen molar-refractivity contribution in [2.45, 2.75) is 77.2 Å². The zero-order valence-corrected chi connectivity index (χ0v) is 9.96. The molecule has 2 nitrogen and oxygen atoms in total. The normalized spacial score (nSPS) is 20.6. The zero-order chi connectivity index (χ0) is 10.9. The molecule has 0 bridgehead atoms. The van der Waals surface area contributed by atoms with Gasteiger partial charge in [-0.15, -0.1) is 0 Å². The summed E-state index contributed by atoms with van der Waals surface area (Å²) in [6.07, 6.45) is 12.2. The molecule has 1 rings (SSSR count). The van der Waals surface area contributed by atoms with Crippen LogP contribution in [0.25, 0.3) is 0 Å². The third-order valence-corrected chi connectivity index (χ3v) is 3.10. The maximum atomic E-state index is 10.8. The quantitative estimate of drug-likeness (QED) is 0.451. The number of rotatable bonds is 8. The van der Waals surface area contributed by atoms with Crippen LogP contribution in [0.4, 0.5) is 0 Å².